The molecule has 0 fully saturated rings. The van der Waals surface area contributed by atoms with Gasteiger partial charge in [0.25, 0.3) is 0 Å². The molecule has 0 heterocycles. The minimum atomic E-state index is -4.94. The predicted octanol–water partition coefficient (Wildman–Crippen LogP) is 17.2. The second kappa shape index (κ2) is 57.2. The predicted molar refractivity (Wildman–Crippen MR) is 322 cm³/mol. The highest BCUT2D eigenvalue weighted by Gasteiger charge is 2.30. The van der Waals surface area contributed by atoms with E-state index in [0.717, 1.165) is 116 Å². The first-order valence-corrected chi connectivity index (χ1v) is 35.8. The third kappa shape index (κ3) is 56.9. The summed E-state index contributed by atoms with van der Waals surface area (Å²) >= 11 is 0. The summed E-state index contributed by atoms with van der Waals surface area (Å²) in [6.45, 7) is 4.80. The third-order valence-corrected chi connectivity index (χ3v) is 16.3. The molecule has 5 atom stereocenters. The zero-order chi connectivity index (χ0) is 59.8. The summed E-state index contributed by atoms with van der Waals surface area (Å²) in [6, 6.07) is 0. The first kappa shape index (κ1) is 79.1. The smallest absolute Gasteiger partial charge is 0.462 e. The molecule has 480 valence electrons. The van der Waals surface area contributed by atoms with Crippen LogP contribution in [0.2, 0.25) is 0 Å². The lowest BCUT2D eigenvalue weighted by atomic mass is 10.0. The van der Waals surface area contributed by atoms with Gasteiger partial charge in [-0.2, -0.15) is 0 Å². The Hall–Kier alpha value is -1.94. The highest BCUT2D eigenvalue weighted by molar-refractivity contribution is 7.47. The van der Waals surface area contributed by atoms with Gasteiger partial charge in [0.1, 0.15) is 19.3 Å². The number of carbonyl (C=O) groups is 4. The molecule has 0 bridgehead atoms. The molecule has 0 aromatic heterocycles. The van der Waals surface area contributed by atoms with E-state index in [-0.39, 0.29) is 25.7 Å². The van der Waals surface area contributed by atoms with Crippen LogP contribution in [0.4, 0.5) is 0 Å². The van der Waals surface area contributed by atoms with Crippen LogP contribution in [0.25, 0.3) is 0 Å². The van der Waals surface area contributed by atoms with Crippen molar-refractivity contribution in [3.05, 3.63) is 0 Å². The van der Waals surface area contributed by atoms with Crippen LogP contribution in [0.5, 0.6) is 0 Å². The van der Waals surface area contributed by atoms with Gasteiger partial charge in [-0.05, 0) is 25.7 Å². The van der Waals surface area contributed by atoms with Gasteiger partial charge in [0.05, 0.1) is 26.4 Å². The zero-order valence-electron chi connectivity index (χ0n) is 51.7. The van der Waals surface area contributed by atoms with Crippen molar-refractivity contribution in [2.75, 3.05) is 39.6 Å². The number of hydrogen-bond donors (Lipinski definition) is 3. The average molecular weight is 1200 g/mol. The Morgan fingerprint density at radius 1 is 0.296 bits per heavy atom. The van der Waals surface area contributed by atoms with Gasteiger partial charge in [0.2, 0.25) is 0 Å². The lowest BCUT2D eigenvalue weighted by Gasteiger charge is -2.21. The molecule has 0 aliphatic carbocycles. The zero-order valence-corrected chi connectivity index (χ0v) is 53.5. The third-order valence-electron chi connectivity index (χ3n) is 14.4. The average Bonchev–Trinajstić information content (AvgIpc) is 3.44. The van der Waals surface area contributed by atoms with Crippen LogP contribution in [-0.4, -0.2) is 96.7 Å². The minimum Gasteiger partial charge on any atom is -0.462 e. The second-order valence-electron chi connectivity index (χ2n) is 22.4. The maximum atomic E-state index is 13.0. The lowest BCUT2D eigenvalue weighted by molar-refractivity contribution is -0.161. The van der Waals surface area contributed by atoms with E-state index in [1.54, 1.807) is 0 Å². The summed E-state index contributed by atoms with van der Waals surface area (Å²) in [7, 11) is -9.87. The summed E-state index contributed by atoms with van der Waals surface area (Å²) in [5, 5.41) is 10.5. The van der Waals surface area contributed by atoms with Crippen molar-refractivity contribution in [3.63, 3.8) is 0 Å². The number of carbonyl (C=O) groups excluding carboxylic acids is 4. The van der Waals surface area contributed by atoms with Gasteiger partial charge in [-0.15, -0.1) is 0 Å². The van der Waals surface area contributed by atoms with E-state index in [2.05, 4.69) is 27.7 Å². The Bertz CT molecular complexity index is 1570. The number of aliphatic hydroxyl groups is 1. The van der Waals surface area contributed by atoms with Crippen LogP contribution in [0.3, 0.4) is 0 Å². The van der Waals surface area contributed by atoms with Crippen LogP contribution in [-0.2, 0) is 65.4 Å². The fraction of sp³-hybridized carbons (Fsp3) is 0.935. The molecule has 2 unspecified atom stereocenters. The van der Waals surface area contributed by atoms with Crippen molar-refractivity contribution in [3.8, 4) is 0 Å². The van der Waals surface area contributed by atoms with E-state index in [1.807, 2.05) is 0 Å². The minimum absolute atomic E-state index is 0.104. The fourth-order valence-corrected chi connectivity index (χ4v) is 10.9. The highest BCUT2D eigenvalue weighted by Crippen LogP contribution is 2.45. The molecular formula is C62H120O17P2. The molecule has 17 nitrogen and oxygen atoms in total. The first-order chi connectivity index (χ1) is 39.2. The van der Waals surface area contributed by atoms with Crippen molar-refractivity contribution in [2.24, 2.45) is 0 Å². The topological polar surface area (TPSA) is 237 Å². The van der Waals surface area contributed by atoms with Gasteiger partial charge in [0, 0.05) is 25.7 Å². The monoisotopic (exact) mass is 1200 g/mol. The summed E-state index contributed by atoms with van der Waals surface area (Å²) in [4.78, 5) is 71.9. The van der Waals surface area contributed by atoms with Gasteiger partial charge in [-0.25, -0.2) is 9.13 Å². The molecule has 0 saturated carbocycles. The SMILES string of the molecule is CCCCCCCCCCCCCCCCCC(=O)O[C@H](COC(=O)CCCCCCCCCCCCCC)COP(=O)(O)OC[C@@H](O)COP(=O)(O)OC[C@@H](COC(=O)CCCCCCCCC)OC(=O)CCCCCCCCC. The lowest BCUT2D eigenvalue weighted by Crippen LogP contribution is -2.30. The molecule has 0 spiro atoms. The highest BCUT2D eigenvalue weighted by atomic mass is 31.2. The molecule has 0 radical (unpaired) electrons. The maximum Gasteiger partial charge on any atom is 0.472 e. The van der Waals surface area contributed by atoms with Crippen LogP contribution in [0.15, 0.2) is 0 Å². The fourth-order valence-electron chi connectivity index (χ4n) is 9.28. The van der Waals surface area contributed by atoms with Crippen molar-refractivity contribution >= 4 is 39.5 Å². The maximum absolute atomic E-state index is 13.0. The van der Waals surface area contributed by atoms with Gasteiger partial charge in [-0.1, -0.05) is 265 Å². The molecule has 0 amide bonds. The Labute approximate surface area is 492 Å². The van der Waals surface area contributed by atoms with E-state index >= 15 is 0 Å². The molecule has 0 aromatic rings. The Morgan fingerprint density at radius 3 is 0.728 bits per heavy atom. The Balaban J connectivity index is 5.17. The van der Waals surface area contributed by atoms with E-state index in [0.29, 0.717) is 25.7 Å². The number of rotatable bonds is 63. The van der Waals surface area contributed by atoms with Crippen LogP contribution < -0.4 is 0 Å². The van der Waals surface area contributed by atoms with Crippen LogP contribution >= 0.6 is 15.6 Å². The Kier molecular flexibility index (Phi) is 55.8. The summed E-state index contributed by atoms with van der Waals surface area (Å²) in [5.74, 6) is -2.14. The van der Waals surface area contributed by atoms with Crippen molar-refractivity contribution in [1.82, 2.24) is 0 Å². The van der Waals surface area contributed by atoms with E-state index in [9.17, 15) is 43.2 Å². The van der Waals surface area contributed by atoms with E-state index in [1.165, 1.54) is 122 Å². The normalized spacial score (nSPS) is 14.2. The van der Waals surface area contributed by atoms with Gasteiger partial charge in [-0.3, -0.25) is 37.3 Å². The van der Waals surface area contributed by atoms with Gasteiger partial charge >= 0.3 is 39.5 Å². The molecular weight excluding hydrogens is 1080 g/mol. The summed E-state index contributed by atoms with van der Waals surface area (Å²) in [5.41, 5.74) is 0. The summed E-state index contributed by atoms with van der Waals surface area (Å²) < 4.78 is 67.7. The largest absolute Gasteiger partial charge is 0.472 e. The first-order valence-electron chi connectivity index (χ1n) is 32.8. The second-order valence-corrected chi connectivity index (χ2v) is 25.4. The molecule has 19 heteroatoms. The number of ether oxygens (including phenoxy) is 4. The summed E-state index contributed by atoms with van der Waals surface area (Å²) in [6.07, 6.45) is 41.9. The number of esters is 4. The Morgan fingerprint density at radius 2 is 0.494 bits per heavy atom. The van der Waals surface area contributed by atoms with Crippen molar-refractivity contribution in [2.45, 2.75) is 335 Å². The standard InChI is InChI=1S/C62H120O17P2/c1-5-9-13-17-21-23-25-27-28-29-31-33-37-41-45-49-62(67)79-58(53-73-60(65)47-43-39-36-32-30-26-24-22-18-14-10-6-2)55-77-81(70,71)75-51-56(63)50-74-80(68,69)76-54-57(78-61(66)48-44-40-35-20-16-12-8-4)52-72-59(64)46-42-38-34-19-15-11-7-3/h56-58,63H,5-55H2,1-4H3,(H,68,69)(H,70,71)/t56-,57+,58+/m0/s1. The van der Waals surface area contributed by atoms with Gasteiger partial charge in [0.15, 0.2) is 12.2 Å². The molecule has 0 aliphatic rings. The van der Waals surface area contributed by atoms with E-state index in [4.69, 9.17) is 37.0 Å². The number of phosphoric ester groups is 2. The number of phosphoric acid groups is 2. The molecule has 0 saturated heterocycles. The molecule has 81 heavy (non-hydrogen) atoms. The van der Waals surface area contributed by atoms with Crippen LogP contribution in [0.1, 0.15) is 317 Å². The molecule has 0 rings (SSSR count). The number of unbranched alkanes of at least 4 members (excludes halogenated alkanes) is 37. The quantitative estimate of drug-likeness (QED) is 0.0222. The van der Waals surface area contributed by atoms with Crippen molar-refractivity contribution < 1.29 is 80.2 Å². The van der Waals surface area contributed by atoms with Crippen molar-refractivity contribution in [1.29, 1.82) is 0 Å². The van der Waals surface area contributed by atoms with E-state index < -0.39 is 97.5 Å². The van der Waals surface area contributed by atoms with Gasteiger partial charge < -0.3 is 33.8 Å². The van der Waals surface area contributed by atoms with Crippen LogP contribution in [0, 0.1) is 0 Å². The number of aliphatic hydroxyl groups excluding tert-OH is 1. The molecule has 3 N–H and O–H groups in total. The molecule has 0 aromatic carbocycles. The molecule has 0 aliphatic heterocycles. The number of hydrogen-bond acceptors (Lipinski definition) is 15.